The molecule has 1 unspecified atom stereocenters. The number of ether oxygens (including phenoxy) is 7. The van der Waals surface area contributed by atoms with Crippen molar-refractivity contribution >= 4 is 5.97 Å². The first-order valence-corrected chi connectivity index (χ1v) is 12.3. The van der Waals surface area contributed by atoms with Crippen molar-refractivity contribution in [3.05, 3.63) is 95.3 Å². The summed E-state index contributed by atoms with van der Waals surface area (Å²) in [6.45, 7) is 0.401. The molecule has 0 saturated carbocycles. The molecule has 39 heavy (non-hydrogen) atoms. The third-order valence-corrected chi connectivity index (χ3v) is 5.49. The standard InChI is InChI=1S/C29H33FO9/c1-33-15-17-35-19-37-27-23(13-14-24(30)28(27)38-20-36-18-16-34-2)25(31)29(32)39-26(21-9-5-3-6-10-21)22-11-7-4-8-12-22/h3-14,25-26,31H,15-20H2,1-2H3. The molecule has 0 spiro atoms. The van der Waals surface area contributed by atoms with Gasteiger partial charge >= 0.3 is 5.97 Å². The zero-order chi connectivity index (χ0) is 27.9. The molecule has 3 aromatic carbocycles. The first-order valence-electron chi connectivity index (χ1n) is 12.3. The Kier molecular flexibility index (Phi) is 12.6. The van der Waals surface area contributed by atoms with E-state index < -0.39 is 24.0 Å². The smallest absolute Gasteiger partial charge is 0.340 e. The van der Waals surface area contributed by atoms with Gasteiger partial charge in [0.15, 0.2) is 37.4 Å². The predicted molar refractivity (Wildman–Crippen MR) is 139 cm³/mol. The van der Waals surface area contributed by atoms with E-state index in [0.29, 0.717) is 24.3 Å². The highest BCUT2D eigenvalue weighted by molar-refractivity contribution is 5.78. The molecule has 0 radical (unpaired) electrons. The average molecular weight is 545 g/mol. The van der Waals surface area contributed by atoms with Gasteiger partial charge in [-0.15, -0.1) is 0 Å². The van der Waals surface area contributed by atoms with Crippen LogP contribution in [0.3, 0.4) is 0 Å². The van der Waals surface area contributed by atoms with Crippen LogP contribution in [0, 0.1) is 5.82 Å². The van der Waals surface area contributed by atoms with Gasteiger partial charge in [-0.2, -0.15) is 0 Å². The third kappa shape index (κ3) is 9.02. The van der Waals surface area contributed by atoms with E-state index in [1.54, 1.807) is 0 Å². The first kappa shape index (κ1) is 30.0. The number of carbonyl (C=O) groups is 1. The fourth-order valence-corrected chi connectivity index (χ4v) is 3.55. The maximum atomic E-state index is 14.8. The second-order valence-electron chi connectivity index (χ2n) is 8.16. The number of aliphatic hydroxyl groups excluding tert-OH is 1. The molecule has 0 aliphatic heterocycles. The van der Waals surface area contributed by atoms with Gasteiger partial charge in [-0.1, -0.05) is 60.7 Å². The Balaban J connectivity index is 1.85. The summed E-state index contributed by atoms with van der Waals surface area (Å²) in [5.74, 6) is -2.32. The number of methoxy groups -OCH3 is 2. The number of benzene rings is 3. The Bertz CT molecular complexity index is 1090. The maximum Gasteiger partial charge on any atom is 0.340 e. The zero-order valence-corrected chi connectivity index (χ0v) is 21.9. The van der Waals surface area contributed by atoms with Gasteiger partial charge in [0, 0.05) is 19.8 Å². The van der Waals surface area contributed by atoms with Gasteiger partial charge in [-0.3, -0.25) is 0 Å². The van der Waals surface area contributed by atoms with Crippen LogP contribution in [0.2, 0.25) is 0 Å². The summed E-state index contributed by atoms with van der Waals surface area (Å²) in [7, 11) is 3.04. The van der Waals surface area contributed by atoms with E-state index >= 15 is 0 Å². The van der Waals surface area contributed by atoms with E-state index in [2.05, 4.69) is 0 Å². The van der Waals surface area contributed by atoms with Crippen molar-refractivity contribution in [2.45, 2.75) is 12.2 Å². The minimum atomic E-state index is -1.83. The van der Waals surface area contributed by atoms with Gasteiger partial charge < -0.3 is 38.3 Å². The van der Waals surface area contributed by atoms with Crippen molar-refractivity contribution in [2.24, 2.45) is 0 Å². The molecular weight excluding hydrogens is 511 g/mol. The minimum absolute atomic E-state index is 0.0662. The Morgan fingerprint density at radius 1 is 0.744 bits per heavy atom. The summed E-state index contributed by atoms with van der Waals surface area (Å²) in [4.78, 5) is 13.2. The van der Waals surface area contributed by atoms with Crippen LogP contribution in [0.4, 0.5) is 4.39 Å². The summed E-state index contributed by atoms with van der Waals surface area (Å²) >= 11 is 0. The molecule has 0 bridgehead atoms. The third-order valence-electron chi connectivity index (χ3n) is 5.49. The number of aliphatic hydroxyl groups is 1. The molecule has 1 atom stereocenters. The summed E-state index contributed by atoms with van der Waals surface area (Å²) in [6, 6.07) is 20.5. The molecular formula is C29H33FO9. The fourth-order valence-electron chi connectivity index (χ4n) is 3.55. The van der Waals surface area contributed by atoms with Crippen LogP contribution >= 0.6 is 0 Å². The lowest BCUT2D eigenvalue weighted by molar-refractivity contribution is -0.158. The number of carbonyl (C=O) groups excluding carboxylic acids is 1. The Hall–Kier alpha value is -3.54. The monoisotopic (exact) mass is 544 g/mol. The lowest BCUT2D eigenvalue weighted by Gasteiger charge is -2.23. The molecule has 9 nitrogen and oxygen atoms in total. The molecule has 0 amide bonds. The van der Waals surface area contributed by atoms with E-state index in [1.165, 1.54) is 20.3 Å². The highest BCUT2D eigenvalue weighted by Gasteiger charge is 2.30. The molecule has 10 heteroatoms. The molecule has 0 saturated heterocycles. The average Bonchev–Trinajstić information content (AvgIpc) is 2.97. The lowest BCUT2D eigenvalue weighted by Crippen LogP contribution is -2.21. The SMILES string of the molecule is COCCOCOc1c(F)ccc(C(O)C(=O)OC(c2ccccc2)c2ccccc2)c1OCOCCOC. The van der Waals surface area contributed by atoms with E-state index in [-0.39, 0.29) is 43.9 Å². The molecule has 0 aliphatic carbocycles. The van der Waals surface area contributed by atoms with Gasteiger partial charge in [0.25, 0.3) is 0 Å². The quantitative estimate of drug-likeness (QED) is 0.152. The molecule has 0 heterocycles. The second-order valence-corrected chi connectivity index (χ2v) is 8.16. The largest absolute Gasteiger partial charge is 0.463 e. The highest BCUT2D eigenvalue weighted by Crippen LogP contribution is 2.39. The predicted octanol–water partition coefficient (Wildman–Crippen LogP) is 4.19. The molecule has 1 N–H and O–H groups in total. The number of esters is 1. The van der Waals surface area contributed by atoms with E-state index in [1.807, 2.05) is 60.7 Å². The van der Waals surface area contributed by atoms with Crippen LogP contribution in [0.5, 0.6) is 11.5 Å². The fraction of sp³-hybridized carbons (Fsp3) is 0.345. The normalized spacial score (nSPS) is 11.8. The Morgan fingerprint density at radius 3 is 1.77 bits per heavy atom. The van der Waals surface area contributed by atoms with Crippen molar-refractivity contribution in [2.75, 3.05) is 54.2 Å². The van der Waals surface area contributed by atoms with Crippen molar-refractivity contribution in [3.8, 4) is 11.5 Å². The van der Waals surface area contributed by atoms with Gasteiger partial charge in [0.2, 0.25) is 5.75 Å². The zero-order valence-electron chi connectivity index (χ0n) is 21.9. The number of hydrogen-bond donors (Lipinski definition) is 1. The van der Waals surface area contributed by atoms with E-state index in [0.717, 1.165) is 6.07 Å². The minimum Gasteiger partial charge on any atom is -0.463 e. The van der Waals surface area contributed by atoms with Gasteiger partial charge in [0.1, 0.15) is 0 Å². The molecule has 0 aliphatic rings. The summed E-state index contributed by atoms with van der Waals surface area (Å²) in [5, 5.41) is 11.1. The van der Waals surface area contributed by atoms with Crippen LogP contribution < -0.4 is 9.47 Å². The second kappa shape index (κ2) is 16.4. The van der Waals surface area contributed by atoms with Crippen molar-refractivity contribution in [3.63, 3.8) is 0 Å². The molecule has 0 aromatic heterocycles. The van der Waals surface area contributed by atoms with Crippen molar-refractivity contribution in [1.82, 2.24) is 0 Å². The molecule has 3 rings (SSSR count). The number of hydrogen-bond acceptors (Lipinski definition) is 9. The molecule has 210 valence electrons. The highest BCUT2D eigenvalue weighted by atomic mass is 19.1. The topological polar surface area (TPSA) is 102 Å². The van der Waals surface area contributed by atoms with Gasteiger partial charge in [0.05, 0.1) is 26.4 Å². The summed E-state index contributed by atoms with van der Waals surface area (Å²) in [5.41, 5.74) is 1.36. The van der Waals surface area contributed by atoms with E-state index in [4.69, 9.17) is 33.2 Å². The first-order chi connectivity index (χ1) is 19.1. The van der Waals surface area contributed by atoms with Gasteiger partial charge in [-0.25, -0.2) is 9.18 Å². The lowest BCUT2D eigenvalue weighted by atomic mass is 10.0. The maximum absolute atomic E-state index is 14.8. The Labute approximate surface area is 226 Å². The van der Waals surface area contributed by atoms with Crippen molar-refractivity contribution in [1.29, 1.82) is 0 Å². The number of rotatable bonds is 17. The van der Waals surface area contributed by atoms with Crippen LogP contribution in [-0.4, -0.2) is 65.3 Å². The number of halogens is 1. The van der Waals surface area contributed by atoms with Crippen molar-refractivity contribution < 1.29 is 47.4 Å². The van der Waals surface area contributed by atoms with Crippen LogP contribution in [0.15, 0.2) is 72.8 Å². The summed E-state index contributed by atoms with van der Waals surface area (Å²) in [6.07, 6.45) is -2.62. The Morgan fingerprint density at radius 2 is 1.26 bits per heavy atom. The van der Waals surface area contributed by atoms with Crippen LogP contribution in [0.25, 0.3) is 0 Å². The molecule has 3 aromatic rings. The summed E-state index contributed by atoms with van der Waals surface area (Å²) < 4.78 is 52.1. The van der Waals surface area contributed by atoms with E-state index in [9.17, 15) is 14.3 Å². The molecule has 0 fully saturated rings. The van der Waals surface area contributed by atoms with Gasteiger partial charge in [-0.05, 0) is 23.3 Å². The van der Waals surface area contributed by atoms with Crippen LogP contribution in [-0.2, 0) is 28.5 Å². The van der Waals surface area contributed by atoms with Crippen LogP contribution in [0.1, 0.15) is 28.9 Å².